The Morgan fingerprint density at radius 3 is 2.62 bits per heavy atom. The van der Waals surface area contributed by atoms with Gasteiger partial charge in [0.2, 0.25) is 15.9 Å². The summed E-state index contributed by atoms with van der Waals surface area (Å²) in [5, 5.41) is 21.0. The third-order valence-corrected chi connectivity index (χ3v) is 10.5. The average Bonchev–Trinajstić information content (AvgIpc) is 3.38. The predicted molar refractivity (Wildman–Crippen MR) is 172 cm³/mol. The highest BCUT2D eigenvalue weighted by molar-refractivity contribution is 7.89. The monoisotopic (exact) mass is 628 g/mol. The van der Waals surface area contributed by atoms with Crippen LogP contribution in [-0.4, -0.2) is 51.8 Å². The molecule has 45 heavy (non-hydrogen) atoms. The van der Waals surface area contributed by atoms with Crippen molar-refractivity contribution in [3.05, 3.63) is 82.4 Å². The molecule has 1 amide bonds. The Morgan fingerprint density at radius 2 is 1.91 bits per heavy atom. The Kier molecular flexibility index (Phi) is 9.01. The van der Waals surface area contributed by atoms with Crippen molar-refractivity contribution in [3.63, 3.8) is 0 Å². The highest BCUT2D eigenvalue weighted by Gasteiger charge is 2.37. The number of aryl methyl sites for hydroxylation is 3. The van der Waals surface area contributed by atoms with Crippen LogP contribution in [-0.2, 0) is 27.9 Å². The molecule has 1 N–H and O–H groups in total. The molecule has 0 saturated carbocycles. The van der Waals surface area contributed by atoms with Crippen molar-refractivity contribution in [2.45, 2.75) is 89.9 Å². The van der Waals surface area contributed by atoms with Gasteiger partial charge in [0, 0.05) is 24.5 Å². The fourth-order valence-corrected chi connectivity index (χ4v) is 7.87. The van der Waals surface area contributed by atoms with E-state index in [1.54, 1.807) is 24.3 Å². The van der Waals surface area contributed by atoms with E-state index in [1.165, 1.54) is 4.31 Å². The topological polar surface area (TPSA) is 130 Å². The maximum Gasteiger partial charge on any atom is 0.247 e. The first-order valence-electron chi connectivity index (χ1n) is 15.3. The Balaban J connectivity index is 1.62. The summed E-state index contributed by atoms with van der Waals surface area (Å²) in [5.41, 5.74) is 5.48. The zero-order valence-electron chi connectivity index (χ0n) is 26.7. The number of benzene rings is 3. The molecule has 5 rings (SSSR count). The molecule has 1 aliphatic rings. The van der Waals surface area contributed by atoms with Gasteiger partial charge in [0.15, 0.2) is 0 Å². The number of amides is 1. The van der Waals surface area contributed by atoms with Crippen molar-refractivity contribution >= 4 is 27.0 Å². The summed E-state index contributed by atoms with van der Waals surface area (Å²) < 4.78 is 37.3. The number of rotatable bonds is 9. The minimum Gasteiger partial charge on any atom is -0.488 e. The van der Waals surface area contributed by atoms with Crippen molar-refractivity contribution in [2.75, 3.05) is 6.54 Å². The number of aromatic nitrogens is 3. The first-order valence-corrected chi connectivity index (χ1v) is 16.7. The second-order valence-electron chi connectivity index (χ2n) is 12.2. The molecular formula is C34H40N6O4S. The maximum atomic E-state index is 13.9. The van der Waals surface area contributed by atoms with Gasteiger partial charge in [-0.3, -0.25) is 4.79 Å². The quantitative estimate of drug-likeness (QED) is 0.264. The number of nitriles is 1. The van der Waals surface area contributed by atoms with Crippen LogP contribution in [0.2, 0.25) is 0 Å². The van der Waals surface area contributed by atoms with Crippen LogP contribution >= 0.6 is 0 Å². The van der Waals surface area contributed by atoms with Crippen LogP contribution in [0.1, 0.15) is 74.3 Å². The summed E-state index contributed by atoms with van der Waals surface area (Å²) in [6.07, 6.45) is 0.107. The molecule has 10 nitrogen and oxygen atoms in total. The molecule has 0 fully saturated rings. The van der Waals surface area contributed by atoms with Gasteiger partial charge in [-0.05, 0) is 87.1 Å². The average molecular weight is 629 g/mol. The standard InChI is InChI=1S/C34H40N6O4S/c1-7-26-21-39(45(42,43)30-12-10-9-11-29(30)44-26)20-25-19-24(14-13-22(25)3)32(34(5,6)36-31(41)17-18-35)27-15-16-28-33(23(27)4)37-38-40(28)8-2/h9-16,19,26,32H,7-8,17,20-21H2,1-6H3,(H,36,41)/t26-,32+/m1/s1. The Bertz CT molecular complexity index is 1890. The van der Waals surface area contributed by atoms with Crippen LogP contribution in [0.25, 0.3) is 11.0 Å². The predicted octanol–water partition coefficient (Wildman–Crippen LogP) is 5.37. The van der Waals surface area contributed by atoms with Crippen molar-refractivity contribution < 1.29 is 17.9 Å². The first-order chi connectivity index (χ1) is 21.4. The van der Waals surface area contributed by atoms with E-state index < -0.39 is 15.6 Å². The minimum absolute atomic E-state index is 0.160. The first kappa shape index (κ1) is 32.1. The van der Waals surface area contributed by atoms with Gasteiger partial charge < -0.3 is 10.1 Å². The second kappa shape index (κ2) is 12.6. The summed E-state index contributed by atoms with van der Waals surface area (Å²) in [5.74, 6) is -0.350. The molecule has 0 bridgehead atoms. The number of hydrogen-bond donors (Lipinski definition) is 1. The van der Waals surface area contributed by atoms with Gasteiger partial charge >= 0.3 is 0 Å². The summed E-state index contributed by atoms with van der Waals surface area (Å²) >= 11 is 0. The minimum atomic E-state index is -3.84. The smallest absolute Gasteiger partial charge is 0.247 e. The van der Waals surface area contributed by atoms with E-state index in [1.807, 2.05) is 76.6 Å². The fraction of sp³-hybridized carbons (Fsp3) is 0.412. The van der Waals surface area contributed by atoms with E-state index in [9.17, 15) is 18.5 Å². The highest BCUT2D eigenvalue weighted by atomic mass is 32.2. The summed E-state index contributed by atoms with van der Waals surface area (Å²) in [7, 11) is -3.84. The number of nitrogens with zero attached hydrogens (tertiary/aromatic N) is 5. The van der Waals surface area contributed by atoms with Crippen molar-refractivity contribution in [2.24, 2.45) is 0 Å². The maximum absolute atomic E-state index is 13.9. The lowest BCUT2D eigenvalue weighted by molar-refractivity contribution is -0.121. The van der Waals surface area contributed by atoms with Gasteiger partial charge in [0.05, 0.1) is 18.1 Å². The Morgan fingerprint density at radius 1 is 1.16 bits per heavy atom. The summed E-state index contributed by atoms with van der Waals surface area (Å²) in [4.78, 5) is 12.9. The largest absolute Gasteiger partial charge is 0.488 e. The molecular weight excluding hydrogens is 588 g/mol. The molecule has 3 aromatic carbocycles. The van der Waals surface area contributed by atoms with Gasteiger partial charge in [0.25, 0.3) is 0 Å². The highest BCUT2D eigenvalue weighted by Crippen LogP contribution is 2.40. The van der Waals surface area contributed by atoms with E-state index in [0.29, 0.717) is 18.7 Å². The molecule has 11 heteroatoms. The summed E-state index contributed by atoms with van der Waals surface area (Å²) in [6.45, 7) is 12.9. The van der Waals surface area contributed by atoms with Gasteiger partial charge in [-0.15, -0.1) is 5.10 Å². The third-order valence-electron chi connectivity index (χ3n) is 8.69. The van der Waals surface area contributed by atoms with Gasteiger partial charge in [0.1, 0.15) is 28.7 Å². The van der Waals surface area contributed by atoms with Crippen molar-refractivity contribution in [1.29, 1.82) is 5.26 Å². The third kappa shape index (κ3) is 6.17. The lowest BCUT2D eigenvalue weighted by Gasteiger charge is -2.37. The van der Waals surface area contributed by atoms with Crippen LogP contribution in [0.4, 0.5) is 0 Å². The van der Waals surface area contributed by atoms with E-state index >= 15 is 0 Å². The van der Waals surface area contributed by atoms with Crippen LogP contribution in [0.5, 0.6) is 5.75 Å². The molecule has 1 aliphatic heterocycles. The zero-order chi connectivity index (χ0) is 32.5. The lowest BCUT2D eigenvalue weighted by Crippen LogP contribution is -2.48. The molecule has 0 radical (unpaired) electrons. The number of fused-ring (bicyclic) bond motifs is 2. The van der Waals surface area contributed by atoms with Gasteiger partial charge in [-0.25, -0.2) is 13.1 Å². The summed E-state index contributed by atoms with van der Waals surface area (Å²) in [6, 6.07) is 18.8. The molecule has 236 valence electrons. The number of hydrogen-bond acceptors (Lipinski definition) is 7. The molecule has 2 heterocycles. The number of sulfonamides is 1. The lowest BCUT2D eigenvalue weighted by atomic mass is 9.74. The van der Waals surface area contributed by atoms with E-state index in [-0.39, 0.29) is 42.3 Å². The molecule has 0 spiro atoms. The number of para-hydroxylation sites is 1. The van der Waals surface area contributed by atoms with E-state index in [4.69, 9.17) is 4.74 Å². The molecule has 0 aliphatic carbocycles. The van der Waals surface area contributed by atoms with Crippen LogP contribution in [0.15, 0.2) is 59.5 Å². The SMILES string of the molecule is CC[C@@H]1CN(Cc2cc([C@@H](c3ccc4c(nnn4CC)c3C)C(C)(C)NC(=O)CC#N)ccc2C)S(=O)(=O)c2ccccc2O1. The zero-order valence-corrected chi connectivity index (χ0v) is 27.5. The van der Waals surface area contributed by atoms with Gasteiger partial charge in [-0.1, -0.05) is 48.5 Å². The van der Waals surface area contributed by atoms with E-state index in [2.05, 4.69) is 21.7 Å². The molecule has 2 atom stereocenters. The van der Waals surface area contributed by atoms with Crippen molar-refractivity contribution in [1.82, 2.24) is 24.6 Å². The Labute approximate surface area is 265 Å². The second-order valence-corrected chi connectivity index (χ2v) is 14.1. The van der Waals surface area contributed by atoms with Crippen molar-refractivity contribution in [3.8, 4) is 11.8 Å². The van der Waals surface area contributed by atoms with Crippen LogP contribution in [0, 0.1) is 25.2 Å². The molecule has 0 saturated heterocycles. The van der Waals surface area contributed by atoms with Gasteiger partial charge in [-0.2, -0.15) is 9.57 Å². The number of ether oxygens (including phenoxy) is 1. The number of carbonyl (C=O) groups excluding carboxylic acids is 1. The Hall–Kier alpha value is -4.27. The van der Waals surface area contributed by atoms with Crippen LogP contribution < -0.4 is 10.1 Å². The van der Waals surface area contributed by atoms with Crippen LogP contribution in [0.3, 0.4) is 0 Å². The normalized spacial score (nSPS) is 17.1. The number of nitrogens with one attached hydrogen (secondary N) is 1. The molecule has 0 unspecified atom stereocenters. The molecule has 4 aromatic rings. The fourth-order valence-electron chi connectivity index (χ4n) is 6.30. The van der Waals surface area contributed by atoms with E-state index in [0.717, 1.165) is 38.9 Å². The number of carbonyl (C=O) groups is 1. The molecule has 1 aromatic heterocycles.